The molecule has 0 radical (unpaired) electrons. The van der Waals surface area contributed by atoms with Crippen LogP contribution in [0.1, 0.15) is 44.0 Å². The minimum atomic E-state index is -1.48. The van der Waals surface area contributed by atoms with Gasteiger partial charge in [-0.15, -0.1) is 0 Å². The molecular formula is C23H25NO7. The molecule has 0 unspecified atom stereocenters. The van der Waals surface area contributed by atoms with Crippen LogP contribution in [0.25, 0.3) is 0 Å². The van der Waals surface area contributed by atoms with E-state index < -0.39 is 58.8 Å². The highest BCUT2D eigenvalue weighted by Gasteiger charge is 2.89. The number of benzene rings is 1. The molecule has 1 aromatic carbocycles. The number of rotatable bonds is 2. The van der Waals surface area contributed by atoms with Gasteiger partial charge in [0.2, 0.25) is 0 Å². The first-order chi connectivity index (χ1) is 14.7. The van der Waals surface area contributed by atoms with Gasteiger partial charge in [-0.05, 0) is 31.9 Å². The predicted octanol–water partition coefficient (Wildman–Crippen LogP) is 2.69. The summed E-state index contributed by atoms with van der Waals surface area (Å²) >= 11 is 0. The largest absolute Gasteiger partial charge is 0.468 e. The number of amides is 1. The molecule has 8 nitrogen and oxygen atoms in total. The van der Waals surface area contributed by atoms with Gasteiger partial charge >= 0.3 is 18.0 Å². The van der Waals surface area contributed by atoms with E-state index in [4.69, 9.17) is 18.9 Å². The highest BCUT2D eigenvalue weighted by Crippen LogP contribution is 2.79. The van der Waals surface area contributed by atoms with Crippen molar-refractivity contribution in [3.63, 3.8) is 0 Å². The molecule has 8 heteroatoms. The molecule has 2 fully saturated rings. The molecule has 0 spiro atoms. The monoisotopic (exact) mass is 427 g/mol. The van der Waals surface area contributed by atoms with Gasteiger partial charge in [0.1, 0.15) is 16.4 Å². The first-order valence-corrected chi connectivity index (χ1v) is 10.3. The van der Waals surface area contributed by atoms with Crippen molar-refractivity contribution in [2.45, 2.75) is 50.7 Å². The maximum Gasteiger partial charge on any atom is 0.411 e. The van der Waals surface area contributed by atoms with Crippen LogP contribution < -0.4 is 0 Å². The summed E-state index contributed by atoms with van der Waals surface area (Å²) in [5.41, 5.74) is -2.15. The Hall–Kier alpha value is -2.87. The van der Waals surface area contributed by atoms with E-state index >= 15 is 0 Å². The van der Waals surface area contributed by atoms with Gasteiger partial charge in [0.25, 0.3) is 0 Å². The maximum absolute atomic E-state index is 13.6. The number of fused-ring (bicyclic) bond motifs is 12. The second kappa shape index (κ2) is 6.09. The lowest BCUT2D eigenvalue weighted by Crippen LogP contribution is -2.60. The minimum absolute atomic E-state index is 0.598. The summed E-state index contributed by atoms with van der Waals surface area (Å²) in [6, 6.07) is 5.85. The number of ether oxygens (including phenoxy) is 4. The van der Waals surface area contributed by atoms with Crippen LogP contribution in [0.2, 0.25) is 0 Å². The molecule has 1 aromatic rings. The van der Waals surface area contributed by atoms with Gasteiger partial charge in [-0.3, -0.25) is 14.5 Å². The second-order valence-electron chi connectivity index (χ2n) is 9.40. The molecule has 0 aliphatic carbocycles. The average Bonchev–Trinajstić information content (AvgIpc) is 3.46. The summed E-state index contributed by atoms with van der Waals surface area (Å²) in [6.07, 6.45) is 1.48. The van der Waals surface area contributed by atoms with Crippen LogP contribution in [0, 0.1) is 10.8 Å². The highest BCUT2D eigenvalue weighted by atomic mass is 16.6. The van der Waals surface area contributed by atoms with Crippen molar-refractivity contribution in [1.82, 2.24) is 4.90 Å². The molecule has 0 saturated carbocycles. The van der Waals surface area contributed by atoms with Crippen LogP contribution in [0.5, 0.6) is 0 Å². The standard InChI is InChI=1S/C23H25NO7/c1-21(2,3)31-20(27)24-16-12-8-6-7-9-13(12)17(24)23(19(26)29-5)15-11-10-14(30-15)22(16,23)18(25)28-4/h6-11,14-17H,1-5H3/t14-,15+,16+,17-,22+,23-. The Labute approximate surface area is 180 Å². The normalized spacial score (nSPS) is 36.2. The van der Waals surface area contributed by atoms with E-state index in [0.717, 1.165) is 11.1 Å². The van der Waals surface area contributed by atoms with E-state index in [-0.39, 0.29) is 0 Å². The van der Waals surface area contributed by atoms with Gasteiger partial charge in [0.05, 0.1) is 38.5 Å². The number of hydrogen-bond donors (Lipinski definition) is 0. The summed E-state index contributed by atoms with van der Waals surface area (Å²) < 4.78 is 22.4. The average molecular weight is 427 g/mol. The Morgan fingerprint density at radius 2 is 1.35 bits per heavy atom. The molecular weight excluding hydrogens is 402 g/mol. The molecule has 4 heterocycles. The zero-order valence-corrected chi connectivity index (χ0v) is 18.1. The van der Waals surface area contributed by atoms with Crippen LogP contribution in [0.4, 0.5) is 4.79 Å². The van der Waals surface area contributed by atoms with Gasteiger partial charge in [-0.25, -0.2) is 4.79 Å². The molecule has 6 atom stereocenters. The smallest absolute Gasteiger partial charge is 0.411 e. The van der Waals surface area contributed by atoms with Gasteiger partial charge < -0.3 is 18.9 Å². The lowest BCUT2D eigenvalue weighted by Gasteiger charge is -2.45. The lowest BCUT2D eigenvalue weighted by atomic mass is 9.50. The van der Waals surface area contributed by atoms with E-state index in [2.05, 4.69) is 0 Å². The Morgan fingerprint density at radius 1 is 0.903 bits per heavy atom. The van der Waals surface area contributed by atoms with Crippen LogP contribution >= 0.6 is 0 Å². The van der Waals surface area contributed by atoms with Gasteiger partial charge in [0, 0.05) is 0 Å². The fraction of sp³-hybridized carbons (Fsp3) is 0.522. The van der Waals surface area contributed by atoms with E-state index in [1.165, 1.54) is 19.1 Å². The molecule has 5 rings (SSSR count). The van der Waals surface area contributed by atoms with Gasteiger partial charge in [-0.2, -0.15) is 0 Å². The molecule has 4 aliphatic rings. The molecule has 0 N–H and O–H groups in total. The van der Waals surface area contributed by atoms with Gasteiger partial charge in [-0.1, -0.05) is 36.4 Å². The van der Waals surface area contributed by atoms with Crippen molar-refractivity contribution in [2.24, 2.45) is 10.8 Å². The second-order valence-corrected chi connectivity index (χ2v) is 9.40. The molecule has 4 aliphatic heterocycles. The van der Waals surface area contributed by atoms with Crippen LogP contribution in [0.15, 0.2) is 36.4 Å². The summed E-state index contributed by atoms with van der Waals surface area (Å²) in [5.74, 6) is -1.21. The number of esters is 2. The van der Waals surface area contributed by atoms with E-state index in [1.807, 2.05) is 24.3 Å². The fourth-order valence-corrected chi connectivity index (χ4v) is 6.25. The third-order valence-electron chi connectivity index (χ3n) is 6.99. The number of carbonyl (C=O) groups is 3. The molecule has 1 amide bonds. The topological polar surface area (TPSA) is 91.4 Å². The number of methoxy groups -OCH3 is 2. The minimum Gasteiger partial charge on any atom is -0.468 e. The Bertz CT molecular complexity index is 962. The third-order valence-corrected chi connectivity index (χ3v) is 6.99. The third kappa shape index (κ3) is 2.06. The molecule has 2 saturated heterocycles. The van der Waals surface area contributed by atoms with Crippen molar-refractivity contribution in [3.05, 3.63) is 47.5 Å². The molecule has 4 bridgehead atoms. The number of hydrogen-bond acceptors (Lipinski definition) is 7. The first kappa shape index (κ1) is 20.1. The Morgan fingerprint density at radius 3 is 1.74 bits per heavy atom. The summed E-state index contributed by atoms with van der Waals surface area (Å²) in [6.45, 7) is 5.33. The van der Waals surface area contributed by atoms with Crippen molar-refractivity contribution in [1.29, 1.82) is 0 Å². The van der Waals surface area contributed by atoms with E-state index in [1.54, 1.807) is 32.9 Å². The molecule has 164 valence electrons. The molecule has 0 aromatic heterocycles. The SMILES string of the molecule is COC(=O)[C@]12[C@@H]3c4ccccc4[C@@H](N3C(=O)OC(C)(C)C)[C@@]1(C(=O)OC)[C@@H]1C=C[C@H]2O1. The van der Waals surface area contributed by atoms with Gasteiger partial charge in [0.15, 0.2) is 0 Å². The van der Waals surface area contributed by atoms with E-state index in [9.17, 15) is 14.4 Å². The highest BCUT2D eigenvalue weighted by molar-refractivity contribution is 5.97. The molecule has 31 heavy (non-hydrogen) atoms. The Balaban J connectivity index is 1.83. The van der Waals surface area contributed by atoms with Crippen LogP contribution in [0.3, 0.4) is 0 Å². The zero-order valence-electron chi connectivity index (χ0n) is 18.1. The summed E-state index contributed by atoms with van der Waals surface area (Å²) in [4.78, 5) is 42.2. The van der Waals surface area contributed by atoms with E-state index in [0.29, 0.717) is 0 Å². The maximum atomic E-state index is 13.6. The Kier molecular flexibility index (Phi) is 3.94. The summed E-state index contributed by atoms with van der Waals surface area (Å²) in [7, 11) is 2.56. The summed E-state index contributed by atoms with van der Waals surface area (Å²) in [5, 5.41) is 0. The predicted molar refractivity (Wildman–Crippen MR) is 107 cm³/mol. The van der Waals surface area contributed by atoms with Crippen molar-refractivity contribution in [3.8, 4) is 0 Å². The quantitative estimate of drug-likeness (QED) is 0.407. The first-order valence-electron chi connectivity index (χ1n) is 10.3. The van der Waals surface area contributed by atoms with Crippen molar-refractivity contribution >= 4 is 18.0 Å². The van der Waals surface area contributed by atoms with Crippen LogP contribution in [-0.2, 0) is 28.5 Å². The number of nitrogens with zero attached hydrogens (tertiary/aromatic N) is 1. The van der Waals surface area contributed by atoms with Crippen molar-refractivity contribution in [2.75, 3.05) is 14.2 Å². The zero-order chi connectivity index (χ0) is 22.3. The fourth-order valence-electron chi connectivity index (χ4n) is 6.25. The van der Waals surface area contributed by atoms with Crippen LogP contribution in [-0.4, -0.2) is 55.0 Å². The number of carbonyl (C=O) groups excluding carboxylic acids is 3. The lowest BCUT2D eigenvalue weighted by molar-refractivity contribution is -0.176. The van der Waals surface area contributed by atoms with Crippen molar-refractivity contribution < 1.29 is 33.3 Å².